The van der Waals surface area contributed by atoms with Gasteiger partial charge < -0.3 is 9.47 Å². The van der Waals surface area contributed by atoms with E-state index in [0.29, 0.717) is 0 Å². The lowest BCUT2D eigenvalue weighted by atomic mass is 9.95. The van der Waals surface area contributed by atoms with Crippen LogP contribution in [-0.2, 0) is 0 Å². The molecule has 6 rings (SSSR count). The van der Waals surface area contributed by atoms with Crippen molar-refractivity contribution in [2.45, 2.75) is 19.4 Å². The van der Waals surface area contributed by atoms with Crippen molar-refractivity contribution in [3.63, 3.8) is 0 Å². The highest BCUT2D eigenvalue weighted by Gasteiger charge is 2.44. The van der Waals surface area contributed by atoms with Gasteiger partial charge in [-0.15, -0.1) is 0 Å². The number of fused-ring (bicyclic) bond motifs is 10. The van der Waals surface area contributed by atoms with Gasteiger partial charge in [0.1, 0.15) is 11.5 Å². The van der Waals surface area contributed by atoms with Gasteiger partial charge in [0.25, 0.3) is 0 Å². The van der Waals surface area contributed by atoms with Gasteiger partial charge in [0.05, 0.1) is 11.1 Å². The highest BCUT2D eigenvalue weighted by molar-refractivity contribution is 5.90. The average molecular weight is 353 g/mol. The van der Waals surface area contributed by atoms with Crippen molar-refractivity contribution in [1.82, 2.24) is 4.90 Å². The Morgan fingerprint density at radius 1 is 0.667 bits per heavy atom. The summed E-state index contributed by atoms with van der Waals surface area (Å²) in [4.78, 5) is 2.31. The van der Waals surface area contributed by atoms with E-state index in [2.05, 4.69) is 84.6 Å². The van der Waals surface area contributed by atoms with E-state index in [1.807, 2.05) is 0 Å². The smallest absolute Gasteiger partial charge is 0.186 e. The molecule has 0 fully saturated rings. The van der Waals surface area contributed by atoms with Crippen LogP contribution in [0.4, 0.5) is 0 Å². The fourth-order valence-electron chi connectivity index (χ4n) is 4.55. The lowest BCUT2D eigenvalue weighted by Crippen LogP contribution is -2.45. The Balaban J connectivity index is 1.63. The Kier molecular flexibility index (Phi) is 3.06. The summed E-state index contributed by atoms with van der Waals surface area (Å²) in [6, 6.07) is 25.3. The first-order valence-corrected chi connectivity index (χ1v) is 9.47. The third kappa shape index (κ3) is 2.00. The van der Waals surface area contributed by atoms with Crippen LogP contribution in [0.25, 0.3) is 21.5 Å². The molecule has 0 spiro atoms. The summed E-state index contributed by atoms with van der Waals surface area (Å²) >= 11 is 0. The Labute approximate surface area is 157 Å². The van der Waals surface area contributed by atoms with E-state index in [-0.39, 0.29) is 12.5 Å². The quantitative estimate of drug-likeness (QED) is 0.432. The average Bonchev–Trinajstić information content (AvgIpc) is 2.72. The first-order chi connectivity index (χ1) is 13.3. The Bertz CT molecular complexity index is 1110. The Morgan fingerprint density at radius 2 is 1.15 bits per heavy atom. The third-order valence-electron chi connectivity index (χ3n) is 5.80. The number of hydrogen-bond donors (Lipinski definition) is 0. The molecule has 132 valence electrons. The summed E-state index contributed by atoms with van der Waals surface area (Å²) in [6.45, 7) is 3.01. The van der Waals surface area contributed by atoms with Gasteiger partial charge in [-0.2, -0.15) is 0 Å². The van der Waals surface area contributed by atoms with Crippen molar-refractivity contribution < 1.29 is 9.47 Å². The van der Waals surface area contributed by atoms with Gasteiger partial charge in [-0.3, -0.25) is 0 Å². The summed E-state index contributed by atoms with van der Waals surface area (Å²) in [5.41, 5.74) is 2.26. The summed E-state index contributed by atoms with van der Waals surface area (Å²) in [7, 11) is 0. The second-order valence-corrected chi connectivity index (χ2v) is 7.17. The van der Waals surface area contributed by atoms with Crippen molar-refractivity contribution >= 4 is 21.5 Å². The predicted octanol–water partition coefficient (Wildman–Crippen LogP) is 5.80. The minimum atomic E-state index is -0.136. The van der Waals surface area contributed by atoms with E-state index in [9.17, 15) is 0 Å². The normalized spacial score (nSPS) is 20.6. The molecular formula is C24H19NO2. The fourth-order valence-corrected chi connectivity index (χ4v) is 4.55. The van der Waals surface area contributed by atoms with Crippen molar-refractivity contribution in [1.29, 1.82) is 0 Å². The van der Waals surface area contributed by atoms with Gasteiger partial charge in [0, 0.05) is 6.54 Å². The molecule has 27 heavy (non-hydrogen) atoms. The molecule has 2 bridgehead atoms. The molecular weight excluding hydrogens is 334 g/mol. The summed E-state index contributed by atoms with van der Waals surface area (Å²) in [5, 5.41) is 4.81. The standard InChI is InChI=1S/C24H19NO2/c1-2-25-23-21-17-9-5-3-7-15(17)11-13-19(21)26-24(25)22-18-10-6-4-8-16(18)12-14-20(22)27-23/h3-14,23-24H,2H2,1H3. The van der Waals surface area contributed by atoms with Crippen molar-refractivity contribution in [2.24, 2.45) is 0 Å². The van der Waals surface area contributed by atoms with Crippen molar-refractivity contribution in [2.75, 3.05) is 6.54 Å². The minimum Gasteiger partial charge on any atom is -0.470 e. The molecule has 3 nitrogen and oxygen atoms in total. The molecule has 4 aromatic rings. The third-order valence-corrected chi connectivity index (χ3v) is 5.80. The van der Waals surface area contributed by atoms with Gasteiger partial charge in [-0.05, 0) is 33.7 Å². The molecule has 0 aliphatic carbocycles. The van der Waals surface area contributed by atoms with E-state index in [1.54, 1.807) is 0 Å². The number of hydrogen-bond acceptors (Lipinski definition) is 3. The number of ether oxygens (including phenoxy) is 2. The molecule has 0 saturated heterocycles. The minimum absolute atomic E-state index is 0.136. The lowest BCUT2D eigenvalue weighted by Gasteiger charge is -2.47. The summed E-state index contributed by atoms with van der Waals surface area (Å²) in [5.74, 6) is 1.85. The molecule has 2 heterocycles. The van der Waals surface area contributed by atoms with Crippen LogP contribution >= 0.6 is 0 Å². The van der Waals surface area contributed by atoms with E-state index < -0.39 is 0 Å². The molecule has 2 unspecified atom stereocenters. The Hall–Kier alpha value is -3.04. The molecule has 2 aliphatic rings. The van der Waals surface area contributed by atoms with Crippen LogP contribution in [0.3, 0.4) is 0 Å². The van der Waals surface area contributed by atoms with Gasteiger partial charge in [0.2, 0.25) is 0 Å². The zero-order valence-corrected chi connectivity index (χ0v) is 15.1. The van der Waals surface area contributed by atoms with Crippen molar-refractivity contribution in [3.05, 3.63) is 83.9 Å². The number of benzene rings is 4. The first kappa shape index (κ1) is 15.1. The highest BCUT2D eigenvalue weighted by Crippen LogP contribution is 2.52. The zero-order chi connectivity index (χ0) is 18.0. The number of nitrogens with zero attached hydrogens (tertiary/aromatic N) is 1. The van der Waals surface area contributed by atoms with Gasteiger partial charge in [-0.25, -0.2) is 4.90 Å². The molecule has 0 saturated carbocycles. The molecule has 0 N–H and O–H groups in total. The molecule has 0 amide bonds. The van der Waals surface area contributed by atoms with Crippen molar-refractivity contribution in [3.8, 4) is 11.5 Å². The van der Waals surface area contributed by atoms with Crippen LogP contribution in [-0.4, -0.2) is 11.4 Å². The van der Waals surface area contributed by atoms with Crippen LogP contribution < -0.4 is 9.47 Å². The van der Waals surface area contributed by atoms with Crippen LogP contribution in [0.5, 0.6) is 11.5 Å². The second kappa shape index (κ2) is 5.48. The van der Waals surface area contributed by atoms with Crippen LogP contribution in [0.15, 0.2) is 72.8 Å². The van der Waals surface area contributed by atoms with Gasteiger partial charge in [0.15, 0.2) is 12.5 Å². The monoisotopic (exact) mass is 353 g/mol. The van der Waals surface area contributed by atoms with Crippen LogP contribution in [0.1, 0.15) is 30.5 Å². The lowest BCUT2D eigenvalue weighted by molar-refractivity contribution is -0.118. The van der Waals surface area contributed by atoms with Crippen LogP contribution in [0.2, 0.25) is 0 Å². The van der Waals surface area contributed by atoms with E-state index in [4.69, 9.17) is 9.47 Å². The van der Waals surface area contributed by atoms with E-state index >= 15 is 0 Å². The summed E-state index contributed by atoms with van der Waals surface area (Å²) < 4.78 is 13.2. The SMILES string of the molecule is CCN1C2Oc3ccc4ccccc4c3C1Oc1ccc3ccccc3c12. The molecule has 4 aromatic carbocycles. The molecule has 3 heteroatoms. The number of rotatable bonds is 1. The fraction of sp³-hybridized carbons (Fsp3) is 0.167. The molecule has 0 radical (unpaired) electrons. The Morgan fingerprint density at radius 3 is 1.63 bits per heavy atom. The largest absolute Gasteiger partial charge is 0.470 e. The second-order valence-electron chi connectivity index (χ2n) is 7.17. The topological polar surface area (TPSA) is 21.7 Å². The zero-order valence-electron chi connectivity index (χ0n) is 15.1. The molecule has 0 aromatic heterocycles. The maximum atomic E-state index is 6.59. The van der Waals surface area contributed by atoms with E-state index in [0.717, 1.165) is 29.2 Å². The first-order valence-electron chi connectivity index (χ1n) is 9.47. The predicted molar refractivity (Wildman–Crippen MR) is 107 cm³/mol. The maximum Gasteiger partial charge on any atom is 0.186 e. The molecule has 2 atom stereocenters. The molecule has 2 aliphatic heterocycles. The van der Waals surface area contributed by atoms with Gasteiger partial charge >= 0.3 is 0 Å². The van der Waals surface area contributed by atoms with Crippen LogP contribution in [0, 0.1) is 0 Å². The summed E-state index contributed by atoms with van der Waals surface area (Å²) in [6.07, 6.45) is -0.271. The van der Waals surface area contributed by atoms with E-state index in [1.165, 1.54) is 21.5 Å². The maximum absolute atomic E-state index is 6.59. The van der Waals surface area contributed by atoms with Gasteiger partial charge in [-0.1, -0.05) is 67.6 Å². The highest BCUT2D eigenvalue weighted by atomic mass is 16.6.